The molecule has 1 saturated heterocycles. The Bertz CT molecular complexity index is 980. The molecule has 8 nitrogen and oxygen atoms in total. The van der Waals surface area contributed by atoms with Crippen molar-refractivity contribution < 1.29 is 39.4 Å². The van der Waals surface area contributed by atoms with Gasteiger partial charge in [0.15, 0.2) is 5.78 Å². The predicted octanol–water partition coefficient (Wildman–Crippen LogP) is 3.04. The van der Waals surface area contributed by atoms with Crippen LogP contribution in [0.25, 0.3) is 0 Å². The Balaban J connectivity index is 1.38. The van der Waals surface area contributed by atoms with Crippen molar-refractivity contribution in [1.82, 2.24) is 0 Å². The summed E-state index contributed by atoms with van der Waals surface area (Å²) in [6.45, 7) is 9.55. The Morgan fingerprint density at radius 2 is 1.90 bits per heavy atom. The summed E-state index contributed by atoms with van der Waals surface area (Å²) in [5, 5.41) is 45.9. The summed E-state index contributed by atoms with van der Waals surface area (Å²) in [6.07, 6.45) is 5.84. The Hall–Kier alpha value is -0.870. The number of ether oxygens (including phenoxy) is 3. The molecule has 0 amide bonds. The van der Waals surface area contributed by atoms with Gasteiger partial charge in [-0.1, -0.05) is 20.8 Å². The summed E-state index contributed by atoms with van der Waals surface area (Å²) < 4.78 is 17.1. The summed E-state index contributed by atoms with van der Waals surface area (Å²) in [5.41, 5.74) is -2.84. The molecular weight excluding hydrogens is 512 g/mol. The van der Waals surface area contributed by atoms with E-state index in [1.54, 1.807) is 20.1 Å². The number of aliphatic hydroxyl groups is 4. The Morgan fingerprint density at radius 1 is 1.15 bits per heavy atom. The van der Waals surface area contributed by atoms with Crippen LogP contribution >= 0.6 is 0 Å². The molecular formula is C32H52O8. The largest absolute Gasteiger partial charge is 0.396 e. The van der Waals surface area contributed by atoms with Gasteiger partial charge in [-0.25, -0.2) is 0 Å². The Labute approximate surface area is 239 Å². The van der Waals surface area contributed by atoms with E-state index in [0.29, 0.717) is 45.5 Å². The van der Waals surface area contributed by atoms with Crippen LogP contribution in [0.3, 0.4) is 0 Å². The van der Waals surface area contributed by atoms with Crippen LogP contribution in [-0.4, -0.2) is 89.3 Å². The van der Waals surface area contributed by atoms with Crippen molar-refractivity contribution in [3.8, 4) is 0 Å². The molecule has 4 N–H and O–H groups in total. The fourth-order valence-electron chi connectivity index (χ4n) is 9.83. The van der Waals surface area contributed by atoms with Crippen LogP contribution in [-0.2, 0) is 19.0 Å². The smallest absolute Gasteiger partial charge is 0.159 e. The first kappa shape index (κ1) is 30.6. The number of hydrogen-bond donors (Lipinski definition) is 4. The monoisotopic (exact) mass is 564 g/mol. The summed E-state index contributed by atoms with van der Waals surface area (Å²) >= 11 is 0. The van der Waals surface area contributed by atoms with E-state index in [-0.39, 0.29) is 47.6 Å². The molecule has 0 bridgehead atoms. The molecule has 12 atom stereocenters. The summed E-state index contributed by atoms with van der Waals surface area (Å²) in [4.78, 5) is 13.7. The van der Waals surface area contributed by atoms with Crippen molar-refractivity contribution >= 4 is 5.78 Å². The average molecular weight is 565 g/mol. The summed E-state index contributed by atoms with van der Waals surface area (Å²) in [6, 6.07) is 0. The van der Waals surface area contributed by atoms with Crippen LogP contribution in [0, 0.1) is 40.4 Å². The molecule has 8 heteroatoms. The molecule has 4 aliphatic carbocycles. The number of carbonyl (C=O) groups is 1. The molecule has 4 fully saturated rings. The minimum atomic E-state index is -1.53. The van der Waals surface area contributed by atoms with Gasteiger partial charge in [-0.15, -0.1) is 0 Å². The van der Waals surface area contributed by atoms with Crippen LogP contribution in [0.4, 0.5) is 0 Å². The molecule has 0 spiro atoms. The quantitative estimate of drug-likeness (QED) is 0.315. The van der Waals surface area contributed by atoms with E-state index in [9.17, 15) is 25.2 Å². The van der Waals surface area contributed by atoms with Crippen molar-refractivity contribution in [1.29, 1.82) is 0 Å². The van der Waals surface area contributed by atoms with Crippen molar-refractivity contribution in [2.24, 2.45) is 40.4 Å². The maximum atomic E-state index is 13.7. The van der Waals surface area contributed by atoms with Crippen molar-refractivity contribution in [3.05, 3.63) is 11.6 Å². The van der Waals surface area contributed by atoms with Crippen molar-refractivity contribution in [2.45, 2.75) is 109 Å². The van der Waals surface area contributed by atoms with E-state index in [2.05, 4.69) is 6.92 Å². The lowest BCUT2D eigenvalue weighted by atomic mass is 9.46. The molecule has 1 heterocycles. The van der Waals surface area contributed by atoms with Gasteiger partial charge in [-0.2, -0.15) is 0 Å². The van der Waals surface area contributed by atoms with Gasteiger partial charge in [0.2, 0.25) is 0 Å². The van der Waals surface area contributed by atoms with E-state index >= 15 is 0 Å². The molecule has 0 aromatic carbocycles. The standard InChI is InChI=1S/C32H52O8/c1-19-18-40-27(21(19)17-33)28(35)31(4,36)26-9-12-32(37)23-16-25(34)24-15-20(39-14-6-13-38-5)7-10-29(24,2)22(23)8-11-30(26,32)3/h16,19-22,24,26-28,33,35-37H,6-15,17-18H2,1-5H3. The first-order valence-electron chi connectivity index (χ1n) is 15.6. The van der Waals surface area contributed by atoms with E-state index in [1.807, 2.05) is 13.8 Å². The summed E-state index contributed by atoms with van der Waals surface area (Å²) in [7, 11) is 1.69. The summed E-state index contributed by atoms with van der Waals surface area (Å²) in [5.74, 6) is -0.475. The number of methoxy groups -OCH3 is 1. The SMILES string of the molecule is COCCCOC1CCC2(C)C(C1)C(=O)C=C1C2CCC2(C)C(C(C)(O)C(O)C3OCC(C)C3CO)CCC12O. The molecule has 0 aromatic heterocycles. The minimum Gasteiger partial charge on any atom is -0.396 e. The van der Waals surface area contributed by atoms with Gasteiger partial charge in [0.25, 0.3) is 0 Å². The topological polar surface area (TPSA) is 126 Å². The van der Waals surface area contributed by atoms with Gasteiger partial charge < -0.3 is 34.6 Å². The zero-order valence-electron chi connectivity index (χ0n) is 25.1. The van der Waals surface area contributed by atoms with Gasteiger partial charge in [0.05, 0.1) is 30.0 Å². The molecule has 5 rings (SSSR count). The number of fused-ring (bicyclic) bond motifs is 5. The number of hydrogen-bond acceptors (Lipinski definition) is 8. The van der Waals surface area contributed by atoms with E-state index in [1.165, 1.54) is 0 Å². The highest BCUT2D eigenvalue weighted by atomic mass is 16.5. The number of allylic oxidation sites excluding steroid dienone is 1. The van der Waals surface area contributed by atoms with Gasteiger partial charge in [0.1, 0.15) is 6.10 Å². The lowest BCUT2D eigenvalue weighted by Crippen LogP contribution is -2.63. The van der Waals surface area contributed by atoms with Crippen LogP contribution in [0.1, 0.15) is 79.1 Å². The first-order chi connectivity index (χ1) is 18.8. The van der Waals surface area contributed by atoms with Crippen LogP contribution < -0.4 is 0 Å². The maximum absolute atomic E-state index is 13.7. The van der Waals surface area contributed by atoms with Crippen LogP contribution in [0.15, 0.2) is 11.6 Å². The minimum absolute atomic E-state index is 0.0708. The number of rotatable bonds is 9. The first-order valence-corrected chi connectivity index (χ1v) is 15.6. The highest BCUT2D eigenvalue weighted by molar-refractivity contribution is 5.95. The lowest BCUT2D eigenvalue weighted by Gasteiger charge is -2.60. The molecule has 228 valence electrons. The third-order valence-corrected chi connectivity index (χ3v) is 12.4. The second-order valence-corrected chi connectivity index (χ2v) is 14.4. The van der Waals surface area contributed by atoms with Crippen LogP contribution in [0.5, 0.6) is 0 Å². The van der Waals surface area contributed by atoms with Gasteiger partial charge in [-0.05, 0) is 93.1 Å². The number of ketones is 1. The molecule has 12 unspecified atom stereocenters. The molecule has 1 aliphatic heterocycles. The van der Waals surface area contributed by atoms with E-state index < -0.39 is 34.7 Å². The Morgan fingerprint density at radius 3 is 2.60 bits per heavy atom. The fourth-order valence-corrected chi connectivity index (χ4v) is 9.83. The maximum Gasteiger partial charge on any atom is 0.159 e. The highest BCUT2D eigenvalue weighted by Gasteiger charge is 2.69. The molecule has 5 aliphatic rings. The van der Waals surface area contributed by atoms with Crippen molar-refractivity contribution in [2.75, 3.05) is 33.5 Å². The zero-order chi connectivity index (χ0) is 29.1. The molecule has 0 radical (unpaired) electrons. The molecule has 0 aromatic rings. The molecule has 3 saturated carbocycles. The third-order valence-electron chi connectivity index (χ3n) is 12.4. The lowest BCUT2D eigenvalue weighted by molar-refractivity contribution is -0.194. The van der Waals surface area contributed by atoms with Crippen LogP contribution in [0.2, 0.25) is 0 Å². The van der Waals surface area contributed by atoms with Gasteiger partial charge >= 0.3 is 0 Å². The van der Waals surface area contributed by atoms with Gasteiger partial charge in [-0.3, -0.25) is 4.79 Å². The van der Waals surface area contributed by atoms with E-state index in [4.69, 9.17) is 14.2 Å². The second-order valence-electron chi connectivity index (χ2n) is 14.4. The molecule has 40 heavy (non-hydrogen) atoms. The highest BCUT2D eigenvalue weighted by Crippen LogP contribution is 2.68. The predicted molar refractivity (Wildman–Crippen MR) is 149 cm³/mol. The van der Waals surface area contributed by atoms with Crippen molar-refractivity contribution in [3.63, 3.8) is 0 Å². The zero-order valence-corrected chi connectivity index (χ0v) is 25.1. The normalized spacial score (nSPS) is 47.2. The average Bonchev–Trinajstić information content (AvgIpc) is 3.43. The third kappa shape index (κ3) is 4.56. The van der Waals surface area contributed by atoms with E-state index in [0.717, 1.165) is 31.3 Å². The Kier molecular flexibility index (Phi) is 8.41. The second kappa shape index (κ2) is 11.0. The van der Waals surface area contributed by atoms with Gasteiger partial charge in [0, 0.05) is 44.2 Å². The number of carbonyl (C=O) groups excluding carboxylic acids is 1. The number of aliphatic hydroxyl groups excluding tert-OH is 2. The fraction of sp³-hybridized carbons (Fsp3) is 0.906.